The number of nitrogens with one attached hydrogen (secondary N) is 2. The molecule has 1 aromatic carbocycles. The molecule has 8 heteroatoms. The van der Waals surface area contributed by atoms with Gasteiger partial charge >= 0.3 is 0 Å². The maximum Gasteiger partial charge on any atom is 0.244 e. The van der Waals surface area contributed by atoms with Crippen molar-refractivity contribution >= 4 is 15.9 Å². The van der Waals surface area contributed by atoms with Gasteiger partial charge < -0.3 is 10.1 Å². The van der Waals surface area contributed by atoms with Crippen molar-refractivity contribution in [2.45, 2.75) is 31.3 Å². The number of nitrogens with zero attached hydrogens (tertiary/aromatic N) is 1. The normalized spacial score (nSPS) is 12.4. The first-order valence-electron chi connectivity index (χ1n) is 7.67. The second-order valence-corrected chi connectivity index (χ2v) is 7.25. The van der Waals surface area contributed by atoms with Gasteiger partial charge in [0.05, 0.1) is 13.2 Å². The molecule has 1 amide bonds. The largest absolute Gasteiger partial charge is 0.495 e. The summed E-state index contributed by atoms with van der Waals surface area (Å²) in [5.41, 5.74) is 1.65. The van der Waals surface area contributed by atoms with Gasteiger partial charge in [0, 0.05) is 18.9 Å². The van der Waals surface area contributed by atoms with Gasteiger partial charge in [-0.25, -0.2) is 8.42 Å². The van der Waals surface area contributed by atoms with Gasteiger partial charge in [-0.3, -0.25) is 9.78 Å². The number of sulfonamides is 1. The van der Waals surface area contributed by atoms with Gasteiger partial charge in [-0.2, -0.15) is 4.72 Å². The summed E-state index contributed by atoms with van der Waals surface area (Å²) in [7, 11) is -2.50. The molecule has 2 N–H and O–H groups in total. The highest BCUT2D eigenvalue weighted by Gasteiger charge is 2.25. The van der Waals surface area contributed by atoms with Gasteiger partial charge in [-0.05, 0) is 49.2 Å². The Labute approximate surface area is 147 Å². The first-order valence-corrected chi connectivity index (χ1v) is 9.15. The van der Waals surface area contributed by atoms with E-state index in [2.05, 4.69) is 15.0 Å². The average Bonchev–Trinajstić information content (AvgIpc) is 2.60. The molecule has 0 fully saturated rings. The Morgan fingerprint density at radius 1 is 1.24 bits per heavy atom. The average molecular weight is 363 g/mol. The van der Waals surface area contributed by atoms with Gasteiger partial charge in [0.2, 0.25) is 15.9 Å². The van der Waals surface area contributed by atoms with E-state index in [0.717, 1.165) is 11.1 Å². The maximum absolute atomic E-state index is 12.6. The summed E-state index contributed by atoms with van der Waals surface area (Å²) in [6.07, 6.45) is 3.25. The fourth-order valence-electron chi connectivity index (χ4n) is 2.19. The van der Waals surface area contributed by atoms with Crippen molar-refractivity contribution in [3.63, 3.8) is 0 Å². The van der Waals surface area contributed by atoms with Crippen molar-refractivity contribution in [3.8, 4) is 5.75 Å². The van der Waals surface area contributed by atoms with Crippen LogP contribution in [0.3, 0.4) is 0 Å². The van der Waals surface area contributed by atoms with Crippen molar-refractivity contribution in [3.05, 3.63) is 53.9 Å². The zero-order valence-electron chi connectivity index (χ0n) is 14.3. The predicted molar refractivity (Wildman–Crippen MR) is 93.6 cm³/mol. The van der Waals surface area contributed by atoms with Crippen LogP contribution < -0.4 is 14.8 Å². The highest BCUT2D eigenvalue weighted by atomic mass is 32.2. The molecule has 0 bridgehead atoms. The molecule has 0 unspecified atom stereocenters. The first kappa shape index (κ1) is 18.9. The zero-order chi connectivity index (χ0) is 18.4. The molecular formula is C17H21N3O4S. The topological polar surface area (TPSA) is 97.4 Å². The highest BCUT2D eigenvalue weighted by molar-refractivity contribution is 7.89. The predicted octanol–water partition coefficient (Wildman–Crippen LogP) is 1.38. The molecule has 2 aromatic rings. The molecule has 7 nitrogen and oxygen atoms in total. The summed E-state index contributed by atoms with van der Waals surface area (Å²) in [6.45, 7) is 3.56. The number of amides is 1. The Kier molecular flexibility index (Phi) is 6.11. The lowest BCUT2D eigenvalue weighted by molar-refractivity contribution is -0.122. The summed E-state index contributed by atoms with van der Waals surface area (Å²) < 4.78 is 32.6. The summed E-state index contributed by atoms with van der Waals surface area (Å²) in [5.74, 6) is -0.200. The lowest BCUT2D eigenvalue weighted by Crippen LogP contribution is -2.44. The fraction of sp³-hybridized carbons (Fsp3) is 0.294. The van der Waals surface area contributed by atoms with Crippen LogP contribution in [0.1, 0.15) is 18.1 Å². The van der Waals surface area contributed by atoms with Gasteiger partial charge in [0.25, 0.3) is 0 Å². The third kappa shape index (κ3) is 5.01. The molecule has 0 saturated heterocycles. The van der Waals surface area contributed by atoms with Crippen LogP contribution in [0.5, 0.6) is 5.75 Å². The number of ether oxygens (including phenoxy) is 1. The Morgan fingerprint density at radius 2 is 1.92 bits per heavy atom. The molecule has 0 saturated carbocycles. The van der Waals surface area contributed by atoms with Crippen molar-refractivity contribution in [2.24, 2.45) is 0 Å². The molecule has 0 aliphatic carbocycles. The molecule has 0 aliphatic rings. The number of aryl methyl sites for hydroxylation is 1. The number of rotatable bonds is 7. The van der Waals surface area contributed by atoms with Crippen molar-refractivity contribution in [1.29, 1.82) is 0 Å². The molecule has 1 aromatic heterocycles. The zero-order valence-corrected chi connectivity index (χ0v) is 15.1. The summed E-state index contributed by atoms with van der Waals surface area (Å²) in [4.78, 5) is 16.1. The molecule has 1 atom stereocenters. The van der Waals surface area contributed by atoms with Gasteiger partial charge in [-0.15, -0.1) is 0 Å². The van der Waals surface area contributed by atoms with E-state index in [0.29, 0.717) is 6.54 Å². The number of hydrogen-bond donors (Lipinski definition) is 2. The van der Waals surface area contributed by atoms with E-state index >= 15 is 0 Å². The van der Waals surface area contributed by atoms with E-state index in [1.165, 1.54) is 20.1 Å². The van der Waals surface area contributed by atoms with Gasteiger partial charge in [0.1, 0.15) is 10.6 Å². The van der Waals surface area contributed by atoms with E-state index in [9.17, 15) is 13.2 Å². The second-order valence-electron chi connectivity index (χ2n) is 5.57. The number of carbonyl (C=O) groups is 1. The standard InChI is InChI=1S/C17H21N3O4S/c1-12-4-5-15(24-3)16(10-12)25(22,23)20-13(2)17(21)19-11-14-6-8-18-9-7-14/h4-10,13,20H,11H2,1-3H3,(H,19,21)/t13-/m1/s1. The summed E-state index contributed by atoms with van der Waals surface area (Å²) in [5, 5.41) is 2.69. The van der Waals surface area contributed by atoms with E-state index in [-0.39, 0.29) is 10.6 Å². The van der Waals surface area contributed by atoms with Crippen LogP contribution in [0.4, 0.5) is 0 Å². The third-order valence-corrected chi connectivity index (χ3v) is 5.11. The Bertz CT molecular complexity index is 838. The highest BCUT2D eigenvalue weighted by Crippen LogP contribution is 2.24. The van der Waals surface area contributed by atoms with E-state index < -0.39 is 22.0 Å². The van der Waals surface area contributed by atoms with E-state index in [1.807, 2.05) is 0 Å². The monoisotopic (exact) mass is 363 g/mol. The molecule has 134 valence electrons. The number of benzene rings is 1. The minimum absolute atomic E-state index is 0.00350. The molecule has 0 spiro atoms. The van der Waals surface area contributed by atoms with Crippen LogP contribution in [-0.2, 0) is 21.4 Å². The van der Waals surface area contributed by atoms with Crippen LogP contribution >= 0.6 is 0 Å². The smallest absolute Gasteiger partial charge is 0.244 e. The van der Waals surface area contributed by atoms with Gasteiger partial charge in [0.15, 0.2) is 0 Å². The quantitative estimate of drug-likeness (QED) is 0.775. The lowest BCUT2D eigenvalue weighted by atomic mass is 10.2. The minimum Gasteiger partial charge on any atom is -0.495 e. The summed E-state index contributed by atoms with van der Waals surface area (Å²) in [6, 6.07) is 7.44. The Balaban J connectivity index is 2.06. The van der Waals surface area contributed by atoms with E-state index in [1.54, 1.807) is 43.6 Å². The number of hydrogen-bond acceptors (Lipinski definition) is 5. The van der Waals surface area contributed by atoms with Crippen molar-refractivity contribution in [1.82, 2.24) is 15.0 Å². The number of aromatic nitrogens is 1. The lowest BCUT2D eigenvalue weighted by Gasteiger charge is -2.16. The van der Waals surface area contributed by atoms with Crippen LogP contribution in [0.2, 0.25) is 0 Å². The first-order chi connectivity index (χ1) is 11.8. The molecule has 0 radical (unpaired) electrons. The number of methoxy groups -OCH3 is 1. The van der Waals surface area contributed by atoms with Crippen molar-refractivity contribution in [2.75, 3.05) is 7.11 Å². The van der Waals surface area contributed by atoms with Crippen LogP contribution in [0, 0.1) is 6.92 Å². The molecule has 1 heterocycles. The maximum atomic E-state index is 12.6. The van der Waals surface area contributed by atoms with Crippen molar-refractivity contribution < 1.29 is 17.9 Å². The van der Waals surface area contributed by atoms with E-state index in [4.69, 9.17) is 4.74 Å². The van der Waals surface area contributed by atoms with Gasteiger partial charge in [-0.1, -0.05) is 6.07 Å². The fourth-order valence-corrected chi connectivity index (χ4v) is 3.64. The Hall–Kier alpha value is -2.45. The Morgan fingerprint density at radius 3 is 2.56 bits per heavy atom. The van der Waals surface area contributed by atoms with Crippen LogP contribution in [-0.4, -0.2) is 32.5 Å². The second kappa shape index (κ2) is 8.09. The molecule has 2 rings (SSSR count). The molecular weight excluding hydrogens is 342 g/mol. The number of pyridine rings is 1. The SMILES string of the molecule is COc1ccc(C)cc1S(=O)(=O)N[C@H](C)C(=O)NCc1ccncc1. The van der Waals surface area contributed by atoms with Crippen LogP contribution in [0.25, 0.3) is 0 Å². The molecule has 0 aliphatic heterocycles. The van der Waals surface area contributed by atoms with Crippen LogP contribution in [0.15, 0.2) is 47.6 Å². The summed E-state index contributed by atoms with van der Waals surface area (Å²) >= 11 is 0. The third-order valence-electron chi connectivity index (χ3n) is 3.55. The minimum atomic E-state index is -3.90. The molecule has 25 heavy (non-hydrogen) atoms. The number of carbonyl (C=O) groups excluding carboxylic acids is 1.